The normalized spacial score (nSPS) is 12.2. The molecule has 0 aliphatic carbocycles. The molecular formula is C30H34Cl3N3O4S. The van der Waals surface area contributed by atoms with Gasteiger partial charge in [-0.05, 0) is 61.2 Å². The molecule has 3 rings (SSSR count). The summed E-state index contributed by atoms with van der Waals surface area (Å²) in [7, 11) is -4.22. The van der Waals surface area contributed by atoms with Gasteiger partial charge in [-0.25, -0.2) is 8.42 Å². The summed E-state index contributed by atoms with van der Waals surface area (Å²) >= 11 is 18.8. The zero-order chi connectivity index (χ0) is 30.3. The SMILES string of the molecule is CC[C@@H](C(=O)NCC(C)C)N(Cc1ccc(Cl)c(Cl)c1)C(=O)CN(c1ccccc1Cl)S(=O)(=O)c1ccc(C)cc1. The minimum Gasteiger partial charge on any atom is -0.354 e. The first-order chi connectivity index (χ1) is 19.3. The molecule has 0 radical (unpaired) electrons. The molecule has 1 atom stereocenters. The van der Waals surface area contributed by atoms with Crippen molar-refractivity contribution in [3.63, 3.8) is 0 Å². The largest absolute Gasteiger partial charge is 0.354 e. The molecule has 0 aliphatic rings. The molecule has 41 heavy (non-hydrogen) atoms. The zero-order valence-electron chi connectivity index (χ0n) is 23.4. The van der Waals surface area contributed by atoms with Gasteiger partial charge >= 0.3 is 0 Å². The van der Waals surface area contributed by atoms with Crippen molar-refractivity contribution in [3.8, 4) is 0 Å². The molecule has 3 aromatic rings. The predicted octanol–water partition coefficient (Wildman–Crippen LogP) is 6.73. The molecule has 0 spiro atoms. The third-order valence-corrected chi connectivity index (χ3v) is 9.25. The van der Waals surface area contributed by atoms with Crippen LogP contribution in [0.3, 0.4) is 0 Å². The second-order valence-corrected chi connectivity index (χ2v) is 13.2. The van der Waals surface area contributed by atoms with Gasteiger partial charge < -0.3 is 10.2 Å². The average molecular weight is 639 g/mol. The van der Waals surface area contributed by atoms with Crippen LogP contribution in [-0.2, 0) is 26.2 Å². The number of amides is 2. The molecule has 0 unspecified atom stereocenters. The maximum Gasteiger partial charge on any atom is 0.264 e. The lowest BCUT2D eigenvalue weighted by Crippen LogP contribution is -2.52. The number of hydrogen-bond donors (Lipinski definition) is 1. The van der Waals surface area contributed by atoms with E-state index in [-0.39, 0.29) is 34.0 Å². The molecule has 3 aromatic carbocycles. The van der Waals surface area contributed by atoms with Crippen molar-refractivity contribution in [3.05, 3.63) is 92.9 Å². The number of carbonyl (C=O) groups is 2. The van der Waals surface area contributed by atoms with Crippen LogP contribution in [0, 0.1) is 12.8 Å². The third-order valence-electron chi connectivity index (χ3n) is 6.42. The maximum atomic E-state index is 14.1. The summed E-state index contributed by atoms with van der Waals surface area (Å²) in [6, 6.07) is 16.8. The number of carbonyl (C=O) groups excluding carboxylic acids is 2. The number of halogens is 3. The van der Waals surface area contributed by atoms with Crippen molar-refractivity contribution < 1.29 is 18.0 Å². The smallest absolute Gasteiger partial charge is 0.264 e. The van der Waals surface area contributed by atoms with E-state index in [0.29, 0.717) is 28.6 Å². The third kappa shape index (κ3) is 8.38. The van der Waals surface area contributed by atoms with E-state index in [1.165, 1.54) is 23.1 Å². The highest BCUT2D eigenvalue weighted by atomic mass is 35.5. The first-order valence-electron chi connectivity index (χ1n) is 13.2. The fourth-order valence-corrected chi connectivity index (χ4v) is 6.22. The molecule has 0 saturated heterocycles. The van der Waals surface area contributed by atoms with Crippen molar-refractivity contribution >= 4 is 62.3 Å². The van der Waals surface area contributed by atoms with E-state index in [9.17, 15) is 18.0 Å². The Morgan fingerprint density at radius 2 is 1.56 bits per heavy atom. The minimum absolute atomic E-state index is 0.00423. The minimum atomic E-state index is -4.22. The molecule has 0 saturated carbocycles. The number of para-hydroxylation sites is 1. The van der Waals surface area contributed by atoms with Crippen molar-refractivity contribution in [2.45, 2.75) is 51.6 Å². The number of nitrogens with one attached hydrogen (secondary N) is 1. The summed E-state index contributed by atoms with van der Waals surface area (Å²) < 4.78 is 28.9. The Labute approximate surface area is 257 Å². The Morgan fingerprint density at radius 1 is 0.902 bits per heavy atom. The fraction of sp³-hybridized carbons (Fsp3) is 0.333. The second kappa shape index (κ2) is 14.4. The van der Waals surface area contributed by atoms with Crippen LogP contribution in [0.15, 0.2) is 71.6 Å². The molecule has 11 heteroatoms. The van der Waals surface area contributed by atoms with Gasteiger partial charge in [0.05, 0.1) is 25.7 Å². The molecule has 1 N–H and O–H groups in total. The van der Waals surface area contributed by atoms with Crippen molar-refractivity contribution in [1.29, 1.82) is 0 Å². The number of sulfonamides is 1. The van der Waals surface area contributed by atoms with Crippen LogP contribution in [0.4, 0.5) is 5.69 Å². The molecule has 0 heterocycles. The Balaban J connectivity index is 2.07. The van der Waals surface area contributed by atoms with Gasteiger partial charge in [-0.1, -0.05) is 91.5 Å². The fourth-order valence-electron chi connectivity index (χ4n) is 4.18. The Bertz CT molecular complexity index is 1480. The zero-order valence-corrected chi connectivity index (χ0v) is 26.5. The highest BCUT2D eigenvalue weighted by Crippen LogP contribution is 2.31. The number of hydrogen-bond acceptors (Lipinski definition) is 4. The topological polar surface area (TPSA) is 86.8 Å². The van der Waals surface area contributed by atoms with Gasteiger partial charge in [0.2, 0.25) is 11.8 Å². The first-order valence-corrected chi connectivity index (χ1v) is 15.8. The van der Waals surface area contributed by atoms with Crippen molar-refractivity contribution in [1.82, 2.24) is 10.2 Å². The standard InChI is InChI=1S/C30H34Cl3N3O4S/c1-5-27(30(38)34-17-20(2)3)35(18-22-12-15-24(31)26(33)16-22)29(37)19-36(28-9-7-6-8-25(28)32)41(39,40)23-13-10-21(4)11-14-23/h6-16,20,27H,5,17-19H2,1-4H3,(H,34,38)/t27-/m0/s1. The quantitative estimate of drug-likeness (QED) is 0.238. The summed E-state index contributed by atoms with van der Waals surface area (Å²) in [6.07, 6.45) is 0.299. The number of benzene rings is 3. The molecule has 0 fully saturated rings. The Morgan fingerprint density at radius 3 is 2.15 bits per heavy atom. The molecule has 0 aromatic heterocycles. The number of rotatable bonds is 12. The molecule has 7 nitrogen and oxygen atoms in total. The summed E-state index contributed by atoms with van der Waals surface area (Å²) in [5, 5.41) is 3.71. The monoisotopic (exact) mass is 637 g/mol. The lowest BCUT2D eigenvalue weighted by molar-refractivity contribution is -0.140. The number of aryl methyl sites for hydroxylation is 1. The van der Waals surface area contributed by atoms with Gasteiger partial charge in [0.15, 0.2) is 0 Å². The van der Waals surface area contributed by atoms with E-state index in [1.54, 1.807) is 55.5 Å². The maximum absolute atomic E-state index is 14.1. The Kier molecular flexibility index (Phi) is 11.5. The predicted molar refractivity (Wildman–Crippen MR) is 166 cm³/mol. The lowest BCUT2D eigenvalue weighted by atomic mass is 10.1. The van der Waals surface area contributed by atoms with Crippen LogP contribution in [0.1, 0.15) is 38.3 Å². The molecule has 0 bridgehead atoms. The van der Waals surface area contributed by atoms with E-state index in [0.717, 1.165) is 9.87 Å². The highest BCUT2D eigenvalue weighted by Gasteiger charge is 2.34. The number of anilines is 1. The van der Waals surface area contributed by atoms with E-state index >= 15 is 0 Å². The van der Waals surface area contributed by atoms with Gasteiger partial charge in [0.25, 0.3) is 10.0 Å². The average Bonchev–Trinajstić information content (AvgIpc) is 2.93. The lowest BCUT2D eigenvalue weighted by Gasteiger charge is -2.33. The van der Waals surface area contributed by atoms with Gasteiger partial charge in [-0.3, -0.25) is 13.9 Å². The van der Waals surface area contributed by atoms with Gasteiger partial charge in [-0.15, -0.1) is 0 Å². The molecular weight excluding hydrogens is 605 g/mol. The van der Waals surface area contributed by atoms with Crippen LogP contribution >= 0.6 is 34.8 Å². The molecule has 2 amide bonds. The Hall–Kier alpha value is -2.78. The van der Waals surface area contributed by atoms with Gasteiger partial charge in [0, 0.05) is 13.1 Å². The summed E-state index contributed by atoms with van der Waals surface area (Å²) in [6.45, 7) is 7.43. The second-order valence-electron chi connectivity index (χ2n) is 10.1. The van der Waals surface area contributed by atoms with Gasteiger partial charge in [-0.2, -0.15) is 0 Å². The van der Waals surface area contributed by atoms with Crippen molar-refractivity contribution in [2.24, 2.45) is 5.92 Å². The van der Waals surface area contributed by atoms with E-state index in [1.807, 2.05) is 20.8 Å². The highest BCUT2D eigenvalue weighted by molar-refractivity contribution is 7.92. The summed E-state index contributed by atoms with van der Waals surface area (Å²) in [5.41, 5.74) is 1.67. The summed E-state index contributed by atoms with van der Waals surface area (Å²) in [4.78, 5) is 28.8. The van der Waals surface area contributed by atoms with Crippen LogP contribution < -0.4 is 9.62 Å². The van der Waals surface area contributed by atoms with E-state index < -0.39 is 28.5 Å². The van der Waals surface area contributed by atoms with Crippen molar-refractivity contribution in [2.75, 3.05) is 17.4 Å². The van der Waals surface area contributed by atoms with Crippen LogP contribution in [-0.4, -0.2) is 44.3 Å². The molecule has 0 aliphatic heterocycles. The summed E-state index contributed by atoms with van der Waals surface area (Å²) in [5.74, 6) is -0.718. The van der Waals surface area contributed by atoms with E-state index in [2.05, 4.69) is 5.32 Å². The molecule has 220 valence electrons. The van der Waals surface area contributed by atoms with Crippen LogP contribution in [0.5, 0.6) is 0 Å². The number of nitrogens with zero attached hydrogens (tertiary/aromatic N) is 2. The first kappa shape index (κ1) is 32.7. The van der Waals surface area contributed by atoms with Crippen LogP contribution in [0.2, 0.25) is 15.1 Å². The van der Waals surface area contributed by atoms with Crippen LogP contribution in [0.25, 0.3) is 0 Å². The van der Waals surface area contributed by atoms with E-state index in [4.69, 9.17) is 34.8 Å². The van der Waals surface area contributed by atoms with Gasteiger partial charge in [0.1, 0.15) is 12.6 Å².